The maximum Gasteiger partial charge on any atom is 0.170 e. The van der Waals surface area contributed by atoms with Gasteiger partial charge in [-0.15, -0.1) is 11.8 Å². The summed E-state index contributed by atoms with van der Waals surface area (Å²) in [4.78, 5) is 26.1. The Morgan fingerprint density at radius 1 is 1.22 bits per heavy atom. The first-order chi connectivity index (χ1) is 12.7. The van der Waals surface area contributed by atoms with Gasteiger partial charge >= 0.3 is 0 Å². The molecule has 0 amide bonds. The summed E-state index contributed by atoms with van der Waals surface area (Å²) in [6.07, 6.45) is 1.45. The molecule has 5 nitrogen and oxygen atoms in total. The van der Waals surface area contributed by atoms with Gasteiger partial charge in [-0.2, -0.15) is 5.10 Å². The van der Waals surface area contributed by atoms with Crippen LogP contribution < -0.4 is 0 Å². The lowest BCUT2D eigenvalue weighted by molar-refractivity contribution is -0.125. The molecule has 1 saturated carbocycles. The second-order valence-electron chi connectivity index (χ2n) is 7.65. The average Bonchev–Trinajstić information content (AvgIpc) is 2.56. The first kappa shape index (κ1) is 19.7. The number of hydrazone groups is 1. The molecule has 3 rings (SSSR count). The van der Waals surface area contributed by atoms with Crippen LogP contribution in [0.15, 0.2) is 21.6 Å². The number of ketones is 2. The zero-order valence-corrected chi connectivity index (χ0v) is 17.4. The third kappa shape index (κ3) is 3.68. The number of rotatable bonds is 2. The highest BCUT2D eigenvalue weighted by Gasteiger charge is 2.33. The van der Waals surface area contributed by atoms with Crippen LogP contribution in [0.25, 0.3) is 5.76 Å². The number of carbonyl (C=O) groups excluding carboxylic acids is 2. The maximum atomic E-state index is 12.5. The molecule has 1 fully saturated rings. The summed E-state index contributed by atoms with van der Waals surface area (Å²) in [7, 11) is 3.78. The molecule has 0 radical (unpaired) electrons. The van der Waals surface area contributed by atoms with Crippen LogP contribution in [0, 0.1) is 19.8 Å². The van der Waals surface area contributed by atoms with Gasteiger partial charge in [0.2, 0.25) is 0 Å². The zero-order valence-electron chi connectivity index (χ0n) is 16.5. The number of benzene rings is 1. The average molecular weight is 387 g/mol. The van der Waals surface area contributed by atoms with Crippen molar-refractivity contribution in [2.24, 2.45) is 11.0 Å². The second-order valence-corrected chi connectivity index (χ2v) is 8.75. The van der Waals surface area contributed by atoms with Crippen molar-refractivity contribution in [3.8, 4) is 0 Å². The van der Waals surface area contributed by atoms with E-state index in [9.17, 15) is 14.7 Å². The number of fused-ring (bicyclic) bond motifs is 1. The number of aryl methyl sites for hydroxylation is 1. The van der Waals surface area contributed by atoms with Crippen LogP contribution in [-0.2, 0) is 9.59 Å². The van der Waals surface area contributed by atoms with Crippen molar-refractivity contribution >= 4 is 34.8 Å². The van der Waals surface area contributed by atoms with Gasteiger partial charge in [-0.25, -0.2) is 0 Å². The summed E-state index contributed by atoms with van der Waals surface area (Å²) in [5, 5.41) is 17.3. The summed E-state index contributed by atoms with van der Waals surface area (Å²) in [5.74, 6) is 0.287. The van der Waals surface area contributed by atoms with E-state index in [-0.39, 0.29) is 28.8 Å². The Morgan fingerprint density at radius 2 is 1.85 bits per heavy atom. The second kappa shape index (κ2) is 7.50. The third-order valence-corrected chi connectivity index (χ3v) is 6.26. The lowest BCUT2D eigenvalue weighted by Crippen LogP contribution is -2.26. The number of allylic oxidation sites excluding steroid dienone is 1. The number of thioether (sulfide) groups is 1. The van der Waals surface area contributed by atoms with E-state index >= 15 is 0 Å². The van der Waals surface area contributed by atoms with E-state index in [1.54, 1.807) is 16.8 Å². The molecule has 0 bridgehead atoms. The molecule has 0 unspecified atom stereocenters. The van der Waals surface area contributed by atoms with Gasteiger partial charge in [0.1, 0.15) is 11.3 Å². The molecule has 1 heterocycles. The van der Waals surface area contributed by atoms with Crippen LogP contribution in [0.1, 0.15) is 48.4 Å². The fraction of sp³-hybridized carbons (Fsp3) is 0.476. The van der Waals surface area contributed by atoms with Crippen molar-refractivity contribution in [2.75, 3.05) is 19.8 Å². The molecular weight excluding hydrogens is 360 g/mol. The zero-order chi connectivity index (χ0) is 19.9. The number of hydrogen-bond donors (Lipinski definition) is 1. The number of hydrogen-bond acceptors (Lipinski definition) is 6. The highest BCUT2D eigenvalue weighted by Crippen LogP contribution is 2.39. The van der Waals surface area contributed by atoms with Gasteiger partial charge in [0.25, 0.3) is 0 Å². The van der Waals surface area contributed by atoms with E-state index < -0.39 is 0 Å². The molecule has 1 aromatic rings. The van der Waals surface area contributed by atoms with E-state index in [1.165, 1.54) is 0 Å². The Bertz CT molecular complexity index is 864. The fourth-order valence-electron chi connectivity index (χ4n) is 3.85. The molecule has 2 aliphatic rings. The molecule has 144 valence electrons. The van der Waals surface area contributed by atoms with Crippen molar-refractivity contribution in [3.05, 3.63) is 33.9 Å². The molecule has 0 aromatic heterocycles. The van der Waals surface area contributed by atoms with Crippen LogP contribution >= 0.6 is 11.8 Å². The lowest BCUT2D eigenvalue weighted by atomic mass is 9.82. The highest BCUT2D eigenvalue weighted by atomic mass is 32.2. The topological polar surface area (TPSA) is 70.0 Å². The first-order valence-electron chi connectivity index (χ1n) is 9.22. The monoisotopic (exact) mass is 386 g/mol. The largest absolute Gasteiger partial charge is 0.506 e. The summed E-state index contributed by atoms with van der Waals surface area (Å²) in [6, 6.07) is 1.89. The maximum absolute atomic E-state index is 12.5. The van der Waals surface area contributed by atoms with Gasteiger partial charge in [-0.3, -0.25) is 9.59 Å². The van der Waals surface area contributed by atoms with Gasteiger partial charge in [0.15, 0.2) is 11.6 Å². The van der Waals surface area contributed by atoms with E-state index in [4.69, 9.17) is 0 Å². The van der Waals surface area contributed by atoms with Crippen LogP contribution in [0.3, 0.4) is 0 Å². The normalized spacial score (nSPS) is 21.4. The molecule has 0 spiro atoms. The Morgan fingerprint density at radius 3 is 2.44 bits per heavy atom. The number of aliphatic hydroxyl groups excluding tert-OH is 1. The predicted octanol–water partition coefficient (Wildman–Crippen LogP) is 3.90. The minimum absolute atomic E-state index is 0.0307. The molecule has 1 N–H and O–H groups in total. The van der Waals surface area contributed by atoms with E-state index in [0.717, 1.165) is 39.5 Å². The van der Waals surface area contributed by atoms with Crippen LogP contribution in [0.5, 0.6) is 0 Å². The number of Topliss-reactive ketones (excluding diaryl/α,β-unsaturated/α-hetero) is 2. The number of nitrogens with zero attached hydrogens (tertiary/aromatic N) is 2. The number of aliphatic hydroxyl groups is 1. The van der Waals surface area contributed by atoms with Crippen molar-refractivity contribution in [1.82, 2.24) is 5.01 Å². The van der Waals surface area contributed by atoms with E-state index in [1.807, 2.05) is 40.9 Å². The van der Waals surface area contributed by atoms with Gasteiger partial charge in [0.05, 0.1) is 5.71 Å². The SMILES string of the molecule is Cc1cc(C(O)=C2C(=O)CC(C)CC2=O)c(C)c2c1SCCC2=NN(C)C. The standard InChI is InChI=1S/C21H26N2O3S/c1-11-8-16(24)19(17(25)9-11)20(26)14-10-12(2)21-18(13(14)3)15(6-7-27-21)22-23(4)5/h10-11,26H,6-9H2,1-5H3. The first-order valence-corrected chi connectivity index (χ1v) is 10.2. The smallest absolute Gasteiger partial charge is 0.170 e. The van der Waals surface area contributed by atoms with E-state index in [0.29, 0.717) is 18.4 Å². The molecule has 1 aromatic carbocycles. The number of carbonyl (C=O) groups is 2. The molecule has 1 aliphatic carbocycles. The predicted molar refractivity (Wildman–Crippen MR) is 109 cm³/mol. The summed E-state index contributed by atoms with van der Waals surface area (Å²) >= 11 is 1.79. The van der Waals surface area contributed by atoms with Gasteiger partial charge in [-0.05, 0) is 37.0 Å². The molecule has 0 atom stereocenters. The molecule has 6 heteroatoms. The Kier molecular flexibility index (Phi) is 5.47. The molecular formula is C21H26N2O3S. The van der Waals surface area contributed by atoms with Crippen LogP contribution in [0.2, 0.25) is 0 Å². The van der Waals surface area contributed by atoms with E-state index in [2.05, 4.69) is 5.10 Å². The van der Waals surface area contributed by atoms with Gasteiger partial charge in [-0.1, -0.05) is 6.92 Å². The van der Waals surface area contributed by atoms with Crippen molar-refractivity contribution in [2.45, 2.75) is 44.9 Å². The Balaban J connectivity index is 2.21. The minimum Gasteiger partial charge on any atom is -0.506 e. The lowest BCUT2D eigenvalue weighted by Gasteiger charge is -2.25. The van der Waals surface area contributed by atoms with Crippen molar-refractivity contribution in [3.63, 3.8) is 0 Å². The molecule has 0 saturated heterocycles. The summed E-state index contributed by atoms with van der Waals surface area (Å²) in [5.41, 5.74) is 4.41. The minimum atomic E-state index is -0.261. The Hall–Kier alpha value is -2.08. The van der Waals surface area contributed by atoms with Crippen molar-refractivity contribution in [1.29, 1.82) is 0 Å². The highest BCUT2D eigenvalue weighted by molar-refractivity contribution is 7.99. The van der Waals surface area contributed by atoms with Crippen molar-refractivity contribution < 1.29 is 14.7 Å². The quantitative estimate of drug-likeness (QED) is 0.361. The molecule has 1 aliphatic heterocycles. The summed E-state index contributed by atoms with van der Waals surface area (Å²) in [6.45, 7) is 5.82. The van der Waals surface area contributed by atoms with Crippen LogP contribution in [-0.4, -0.2) is 47.2 Å². The Labute approximate surface area is 164 Å². The van der Waals surface area contributed by atoms with Gasteiger partial charge in [0, 0.05) is 55.1 Å². The van der Waals surface area contributed by atoms with Crippen LogP contribution in [0.4, 0.5) is 0 Å². The van der Waals surface area contributed by atoms with Gasteiger partial charge < -0.3 is 10.1 Å². The summed E-state index contributed by atoms with van der Waals surface area (Å²) < 4.78 is 0. The molecule has 27 heavy (non-hydrogen) atoms. The fourth-order valence-corrected chi connectivity index (χ4v) is 5.05. The third-order valence-electron chi connectivity index (χ3n) is 5.04.